The molecule has 0 saturated carbocycles. The Bertz CT molecular complexity index is 479. The van der Waals surface area contributed by atoms with Crippen molar-refractivity contribution >= 4 is 5.69 Å². The van der Waals surface area contributed by atoms with E-state index in [4.69, 9.17) is 0 Å². The molecule has 2 N–H and O–H groups in total. The van der Waals surface area contributed by atoms with E-state index < -0.39 is 0 Å². The van der Waals surface area contributed by atoms with Crippen LogP contribution in [0.3, 0.4) is 0 Å². The highest BCUT2D eigenvalue weighted by molar-refractivity contribution is 5.43. The monoisotopic (exact) mass is 240 g/mol. The average Bonchev–Trinajstić information content (AvgIpc) is 2.39. The van der Waals surface area contributed by atoms with Crippen LogP contribution >= 0.6 is 0 Å². The van der Waals surface area contributed by atoms with E-state index in [0.717, 1.165) is 12.2 Å². The fourth-order valence-corrected chi connectivity index (χ4v) is 1.91. The molecule has 2 rings (SSSR count). The molecule has 2 aromatic rings. The lowest BCUT2D eigenvalue weighted by atomic mass is 10.1. The van der Waals surface area contributed by atoms with Gasteiger partial charge in [0.1, 0.15) is 0 Å². The van der Waals surface area contributed by atoms with Gasteiger partial charge in [-0.1, -0.05) is 42.5 Å². The fourth-order valence-electron chi connectivity index (χ4n) is 1.91. The maximum Gasteiger partial charge on any atom is 0.0741 e. The first-order chi connectivity index (χ1) is 8.75. The molecule has 0 aliphatic heterocycles. The molecule has 94 valence electrons. The first-order valence-electron chi connectivity index (χ1n) is 6.35. The first kappa shape index (κ1) is 12.7. The molecule has 0 radical (unpaired) electrons. The smallest absolute Gasteiger partial charge is 0.0741 e. The Balaban J connectivity index is 1.86. The molecule has 18 heavy (non-hydrogen) atoms. The number of anilines is 1. The van der Waals surface area contributed by atoms with Crippen molar-refractivity contribution in [1.29, 1.82) is 0 Å². The van der Waals surface area contributed by atoms with Gasteiger partial charge in [-0.3, -0.25) is 5.32 Å². The Morgan fingerprint density at radius 1 is 0.944 bits per heavy atom. The zero-order chi connectivity index (χ0) is 12.8. The van der Waals surface area contributed by atoms with Crippen LogP contribution in [-0.2, 0) is 6.54 Å². The second-order valence-electron chi connectivity index (χ2n) is 4.54. The van der Waals surface area contributed by atoms with Gasteiger partial charge < -0.3 is 5.32 Å². The first-order valence-corrected chi connectivity index (χ1v) is 6.35. The summed E-state index contributed by atoms with van der Waals surface area (Å²) in [7, 11) is 0. The van der Waals surface area contributed by atoms with Gasteiger partial charge in [-0.25, -0.2) is 0 Å². The van der Waals surface area contributed by atoms with Crippen molar-refractivity contribution in [2.24, 2.45) is 0 Å². The summed E-state index contributed by atoms with van der Waals surface area (Å²) >= 11 is 0. The van der Waals surface area contributed by atoms with Gasteiger partial charge in [0.15, 0.2) is 0 Å². The van der Waals surface area contributed by atoms with E-state index in [0.29, 0.717) is 0 Å². The van der Waals surface area contributed by atoms with Crippen molar-refractivity contribution in [2.75, 3.05) is 5.32 Å². The lowest BCUT2D eigenvalue weighted by molar-refractivity contribution is 0.599. The average molecular weight is 240 g/mol. The van der Waals surface area contributed by atoms with Crippen molar-refractivity contribution < 1.29 is 0 Å². The molecule has 0 amide bonds. The molecule has 0 bridgehead atoms. The number of aryl methyl sites for hydroxylation is 1. The van der Waals surface area contributed by atoms with E-state index in [1.165, 1.54) is 11.1 Å². The van der Waals surface area contributed by atoms with Gasteiger partial charge in [-0.2, -0.15) is 0 Å². The van der Waals surface area contributed by atoms with Crippen LogP contribution in [-0.4, -0.2) is 6.17 Å². The van der Waals surface area contributed by atoms with Crippen LogP contribution in [0.1, 0.15) is 18.1 Å². The molecule has 2 aromatic carbocycles. The summed E-state index contributed by atoms with van der Waals surface area (Å²) in [6.45, 7) is 5.16. The molecule has 0 spiro atoms. The van der Waals surface area contributed by atoms with E-state index in [2.05, 4.69) is 60.9 Å². The molecule has 2 nitrogen and oxygen atoms in total. The Labute approximate surface area is 109 Å². The highest BCUT2D eigenvalue weighted by atomic mass is 15.1. The summed E-state index contributed by atoms with van der Waals surface area (Å²) in [4.78, 5) is 0. The number of para-hydroxylation sites is 1. The van der Waals surface area contributed by atoms with Gasteiger partial charge in [0, 0.05) is 12.2 Å². The Morgan fingerprint density at radius 2 is 1.61 bits per heavy atom. The number of benzene rings is 2. The maximum absolute atomic E-state index is 3.48. The second-order valence-corrected chi connectivity index (χ2v) is 4.54. The normalized spacial score (nSPS) is 12.1. The van der Waals surface area contributed by atoms with Crippen molar-refractivity contribution in [1.82, 2.24) is 5.32 Å². The molecule has 1 unspecified atom stereocenters. The largest absolute Gasteiger partial charge is 0.370 e. The topological polar surface area (TPSA) is 24.1 Å². The van der Waals surface area contributed by atoms with E-state index in [1.54, 1.807) is 0 Å². The van der Waals surface area contributed by atoms with Gasteiger partial charge in [0.05, 0.1) is 6.17 Å². The van der Waals surface area contributed by atoms with Crippen LogP contribution in [0.2, 0.25) is 0 Å². The molecule has 0 fully saturated rings. The van der Waals surface area contributed by atoms with Crippen molar-refractivity contribution in [3.05, 3.63) is 65.7 Å². The van der Waals surface area contributed by atoms with E-state index in [1.807, 2.05) is 18.2 Å². The fraction of sp³-hybridized carbons (Fsp3) is 0.250. The molecule has 0 saturated heterocycles. The number of hydrogen-bond donors (Lipinski definition) is 2. The highest BCUT2D eigenvalue weighted by Gasteiger charge is 2.02. The summed E-state index contributed by atoms with van der Waals surface area (Å²) in [5.74, 6) is 0. The summed E-state index contributed by atoms with van der Waals surface area (Å²) in [5.41, 5.74) is 3.82. The summed E-state index contributed by atoms with van der Waals surface area (Å²) in [6.07, 6.45) is 0.243. The van der Waals surface area contributed by atoms with E-state index >= 15 is 0 Å². The van der Waals surface area contributed by atoms with Crippen LogP contribution in [0.5, 0.6) is 0 Å². The van der Waals surface area contributed by atoms with Crippen molar-refractivity contribution in [3.8, 4) is 0 Å². The molecule has 0 heterocycles. The highest BCUT2D eigenvalue weighted by Crippen LogP contribution is 2.08. The number of rotatable bonds is 5. The molecule has 0 aliphatic carbocycles. The minimum Gasteiger partial charge on any atom is -0.370 e. The predicted octanol–water partition coefficient (Wildman–Crippen LogP) is 3.54. The van der Waals surface area contributed by atoms with Crippen LogP contribution in [0.15, 0.2) is 54.6 Å². The Morgan fingerprint density at radius 3 is 2.33 bits per heavy atom. The number of hydrogen-bond acceptors (Lipinski definition) is 2. The van der Waals surface area contributed by atoms with Crippen LogP contribution in [0, 0.1) is 6.92 Å². The zero-order valence-electron chi connectivity index (χ0n) is 11.0. The quantitative estimate of drug-likeness (QED) is 0.781. The Kier molecular flexibility index (Phi) is 4.37. The van der Waals surface area contributed by atoms with Gasteiger partial charge in [-0.05, 0) is 37.1 Å². The Hall–Kier alpha value is -1.80. The maximum atomic E-state index is 3.48. The van der Waals surface area contributed by atoms with Gasteiger partial charge in [0.2, 0.25) is 0 Å². The third kappa shape index (κ3) is 3.60. The molecule has 0 aliphatic rings. The lowest BCUT2D eigenvalue weighted by Gasteiger charge is -2.17. The summed E-state index contributed by atoms with van der Waals surface area (Å²) in [6, 6.07) is 18.7. The molecule has 0 aromatic heterocycles. The SMILES string of the molecule is Cc1ccccc1CNC(C)Nc1ccccc1. The number of nitrogens with one attached hydrogen (secondary N) is 2. The molecular formula is C16H20N2. The minimum atomic E-state index is 0.243. The third-order valence-corrected chi connectivity index (χ3v) is 3.02. The summed E-state index contributed by atoms with van der Waals surface area (Å²) < 4.78 is 0. The van der Waals surface area contributed by atoms with Crippen LogP contribution in [0.25, 0.3) is 0 Å². The minimum absolute atomic E-state index is 0.243. The summed E-state index contributed by atoms with van der Waals surface area (Å²) in [5, 5.41) is 6.90. The van der Waals surface area contributed by atoms with Crippen LogP contribution < -0.4 is 10.6 Å². The van der Waals surface area contributed by atoms with E-state index in [-0.39, 0.29) is 6.17 Å². The second kappa shape index (κ2) is 6.22. The predicted molar refractivity (Wildman–Crippen MR) is 77.5 cm³/mol. The van der Waals surface area contributed by atoms with Crippen LogP contribution in [0.4, 0.5) is 5.69 Å². The molecular weight excluding hydrogens is 220 g/mol. The standard InChI is InChI=1S/C16H20N2/c1-13-8-6-7-9-15(13)12-17-14(2)18-16-10-4-3-5-11-16/h3-11,14,17-18H,12H2,1-2H3. The van der Waals surface area contributed by atoms with Crippen molar-refractivity contribution in [2.45, 2.75) is 26.6 Å². The lowest BCUT2D eigenvalue weighted by Crippen LogP contribution is -2.32. The molecule has 2 heteroatoms. The third-order valence-electron chi connectivity index (χ3n) is 3.02. The zero-order valence-corrected chi connectivity index (χ0v) is 11.0. The van der Waals surface area contributed by atoms with Gasteiger partial charge in [0.25, 0.3) is 0 Å². The van der Waals surface area contributed by atoms with Gasteiger partial charge in [-0.15, -0.1) is 0 Å². The van der Waals surface area contributed by atoms with E-state index in [9.17, 15) is 0 Å². The van der Waals surface area contributed by atoms with Crippen molar-refractivity contribution in [3.63, 3.8) is 0 Å². The molecule has 1 atom stereocenters. The van der Waals surface area contributed by atoms with Gasteiger partial charge >= 0.3 is 0 Å².